The van der Waals surface area contributed by atoms with E-state index in [-0.39, 0.29) is 0 Å². The number of aromatic nitrogens is 1. The van der Waals surface area contributed by atoms with Crippen LogP contribution < -0.4 is 0 Å². The SMILES string of the molecule is C/C=C/[C@H]1CC[C@H](C#Cc2ccc(-c3ccc(Cl)cc3)nc2)CC1. The summed E-state index contributed by atoms with van der Waals surface area (Å²) >= 11 is 5.92. The highest BCUT2D eigenvalue weighted by Crippen LogP contribution is 2.29. The van der Waals surface area contributed by atoms with Gasteiger partial charge in [-0.05, 0) is 62.8 Å². The molecule has 1 aliphatic rings. The first-order valence-corrected chi connectivity index (χ1v) is 8.99. The topological polar surface area (TPSA) is 12.9 Å². The molecule has 1 saturated carbocycles. The minimum atomic E-state index is 0.530. The van der Waals surface area contributed by atoms with E-state index in [1.165, 1.54) is 25.7 Å². The Labute approximate surface area is 149 Å². The number of benzene rings is 1. The number of allylic oxidation sites excluding steroid dienone is 2. The summed E-state index contributed by atoms with van der Waals surface area (Å²) in [5.74, 6) is 8.02. The quantitative estimate of drug-likeness (QED) is 0.474. The largest absolute Gasteiger partial charge is 0.255 e. The molecule has 122 valence electrons. The fourth-order valence-corrected chi connectivity index (χ4v) is 3.30. The summed E-state index contributed by atoms with van der Waals surface area (Å²) in [6, 6.07) is 11.8. The van der Waals surface area contributed by atoms with E-state index in [0.29, 0.717) is 5.92 Å². The van der Waals surface area contributed by atoms with E-state index in [1.807, 2.05) is 36.5 Å². The molecule has 0 amide bonds. The van der Waals surface area contributed by atoms with Gasteiger partial charge >= 0.3 is 0 Å². The molecule has 1 nitrogen and oxygen atoms in total. The first-order valence-electron chi connectivity index (χ1n) is 8.61. The van der Waals surface area contributed by atoms with Crippen molar-refractivity contribution in [3.05, 3.63) is 65.3 Å². The van der Waals surface area contributed by atoms with Gasteiger partial charge in [-0.3, -0.25) is 4.98 Å². The Bertz CT molecular complexity index is 739. The summed E-state index contributed by atoms with van der Waals surface area (Å²) < 4.78 is 0. The van der Waals surface area contributed by atoms with Gasteiger partial charge in [0.1, 0.15) is 0 Å². The standard InChI is InChI=1S/C22H22ClN/c1-2-3-17-4-6-18(7-5-17)8-9-19-10-15-22(24-16-19)20-11-13-21(23)14-12-20/h2-3,10-18H,4-7H2,1H3/b3-2+/t17-,18-. The Kier molecular flexibility index (Phi) is 5.72. The van der Waals surface area contributed by atoms with Gasteiger partial charge in [0.2, 0.25) is 0 Å². The van der Waals surface area contributed by atoms with Gasteiger partial charge in [-0.1, -0.05) is 47.7 Å². The highest BCUT2D eigenvalue weighted by Gasteiger charge is 2.17. The van der Waals surface area contributed by atoms with Crippen LogP contribution in [-0.2, 0) is 0 Å². The molecule has 0 atom stereocenters. The molecule has 0 N–H and O–H groups in total. The molecule has 1 aromatic heterocycles. The zero-order valence-electron chi connectivity index (χ0n) is 14.0. The molecule has 0 saturated heterocycles. The van der Waals surface area contributed by atoms with Crippen LogP contribution in [-0.4, -0.2) is 4.98 Å². The van der Waals surface area contributed by atoms with E-state index in [2.05, 4.69) is 42.0 Å². The lowest BCUT2D eigenvalue weighted by molar-refractivity contribution is 0.364. The molecular weight excluding hydrogens is 314 g/mol. The molecular formula is C22H22ClN. The van der Waals surface area contributed by atoms with Crippen LogP contribution in [0.5, 0.6) is 0 Å². The molecule has 1 fully saturated rings. The highest BCUT2D eigenvalue weighted by molar-refractivity contribution is 6.30. The molecule has 0 radical (unpaired) electrons. The van der Waals surface area contributed by atoms with Crippen molar-refractivity contribution in [1.29, 1.82) is 0 Å². The van der Waals surface area contributed by atoms with Gasteiger partial charge in [-0.15, -0.1) is 0 Å². The Morgan fingerprint density at radius 2 is 1.79 bits per heavy atom. The van der Waals surface area contributed by atoms with Crippen molar-refractivity contribution in [3.8, 4) is 23.1 Å². The zero-order valence-corrected chi connectivity index (χ0v) is 14.8. The molecule has 2 heteroatoms. The molecule has 0 spiro atoms. The van der Waals surface area contributed by atoms with Crippen molar-refractivity contribution in [2.75, 3.05) is 0 Å². The third-order valence-corrected chi connectivity index (χ3v) is 4.81. The van der Waals surface area contributed by atoms with Gasteiger partial charge in [0.15, 0.2) is 0 Å². The maximum Gasteiger partial charge on any atom is 0.0702 e. The van der Waals surface area contributed by atoms with Gasteiger partial charge in [-0.2, -0.15) is 0 Å². The molecule has 0 aliphatic heterocycles. The van der Waals surface area contributed by atoms with Crippen LogP contribution in [0.25, 0.3) is 11.3 Å². The molecule has 0 bridgehead atoms. The molecule has 1 aliphatic carbocycles. The monoisotopic (exact) mass is 335 g/mol. The number of nitrogens with zero attached hydrogens (tertiary/aromatic N) is 1. The third kappa shape index (κ3) is 4.49. The predicted octanol–water partition coefficient (Wildman–Crippen LogP) is 6.14. The summed E-state index contributed by atoms with van der Waals surface area (Å²) in [7, 11) is 0. The minimum Gasteiger partial charge on any atom is -0.255 e. The molecule has 1 heterocycles. The van der Waals surface area contributed by atoms with Gasteiger partial charge in [0.25, 0.3) is 0 Å². The summed E-state index contributed by atoms with van der Waals surface area (Å²) in [5, 5.41) is 0.741. The van der Waals surface area contributed by atoms with E-state index in [1.54, 1.807) is 0 Å². The Morgan fingerprint density at radius 1 is 1.04 bits per heavy atom. The summed E-state index contributed by atoms with van der Waals surface area (Å²) in [4.78, 5) is 4.52. The fourth-order valence-electron chi connectivity index (χ4n) is 3.17. The van der Waals surface area contributed by atoms with Gasteiger partial charge in [-0.25, -0.2) is 0 Å². The second-order valence-electron chi connectivity index (χ2n) is 6.35. The van der Waals surface area contributed by atoms with Crippen molar-refractivity contribution in [2.24, 2.45) is 11.8 Å². The highest BCUT2D eigenvalue weighted by atomic mass is 35.5. The molecule has 24 heavy (non-hydrogen) atoms. The third-order valence-electron chi connectivity index (χ3n) is 4.56. The molecule has 3 rings (SSSR count). The lowest BCUT2D eigenvalue weighted by atomic mass is 9.82. The Morgan fingerprint density at radius 3 is 2.42 bits per heavy atom. The average molecular weight is 336 g/mol. The number of hydrogen-bond acceptors (Lipinski definition) is 1. The van der Waals surface area contributed by atoms with Crippen LogP contribution in [0.4, 0.5) is 0 Å². The van der Waals surface area contributed by atoms with Crippen molar-refractivity contribution in [1.82, 2.24) is 4.98 Å². The Hall–Kier alpha value is -2.04. The van der Waals surface area contributed by atoms with Gasteiger partial charge < -0.3 is 0 Å². The normalized spacial score (nSPS) is 20.6. The minimum absolute atomic E-state index is 0.530. The Balaban J connectivity index is 1.62. The van der Waals surface area contributed by atoms with E-state index in [0.717, 1.165) is 27.8 Å². The van der Waals surface area contributed by atoms with E-state index in [4.69, 9.17) is 11.6 Å². The van der Waals surface area contributed by atoms with E-state index < -0.39 is 0 Å². The fraction of sp³-hybridized carbons (Fsp3) is 0.318. The van der Waals surface area contributed by atoms with Crippen LogP contribution >= 0.6 is 11.6 Å². The van der Waals surface area contributed by atoms with Crippen molar-refractivity contribution < 1.29 is 0 Å². The van der Waals surface area contributed by atoms with Crippen LogP contribution in [0, 0.1) is 23.7 Å². The zero-order chi connectivity index (χ0) is 16.8. The summed E-state index contributed by atoms with van der Waals surface area (Å²) in [6.07, 6.45) is 11.3. The smallest absolute Gasteiger partial charge is 0.0702 e. The maximum atomic E-state index is 5.92. The number of halogens is 1. The van der Waals surface area contributed by atoms with Gasteiger partial charge in [0, 0.05) is 28.3 Å². The first kappa shape index (κ1) is 16.8. The lowest BCUT2D eigenvalue weighted by Crippen LogP contribution is -2.11. The van der Waals surface area contributed by atoms with Crippen LogP contribution in [0.1, 0.15) is 38.2 Å². The average Bonchev–Trinajstić information content (AvgIpc) is 2.63. The van der Waals surface area contributed by atoms with Gasteiger partial charge in [0.05, 0.1) is 5.69 Å². The van der Waals surface area contributed by atoms with Crippen molar-refractivity contribution >= 4 is 11.6 Å². The number of hydrogen-bond donors (Lipinski definition) is 0. The van der Waals surface area contributed by atoms with Crippen LogP contribution in [0.15, 0.2) is 54.7 Å². The van der Waals surface area contributed by atoms with Crippen molar-refractivity contribution in [3.63, 3.8) is 0 Å². The lowest BCUT2D eigenvalue weighted by Gasteiger charge is -2.22. The van der Waals surface area contributed by atoms with Crippen molar-refractivity contribution in [2.45, 2.75) is 32.6 Å². The maximum absolute atomic E-state index is 5.92. The number of pyridine rings is 1. The van der Waals surface area contributed by atoms with Crippen LogP contribution in [0.3, 0.4) is 0 Å². The second kappa shape index (κ2) is 8.18. The molecule has 1 aromatic carbocycles. The number of rotatable bonds is 2. The summed E-state index contributed by atoms with van der Waals surface area (Å²) in [6.45, 7) is 2.10. The second-order valence-corrected chi connectivity index (χ2v) is 6.78. The predicted molar refractivity (Wildman–Crippen MR) is 102 cm³/mol. The molecule has 0 unspecified atom stereocenters. The van der Waals surface area contributed by atoms with E-state index >= 15 is 0 Å². The summed E-state index contributed by atoms with van der Waals surface area (Å²) in [5.41, 5.74) is 3.01. The molecule has 2 aromatic rings. The first-order chi connectivity index (χ1) is 11.7. The van der Waals surface area contributed by atoms with E-state index in [9.17, 15) is 0 Å². The van der Waals surface area contributed by atoms with Crippen LogP contribution in [0.2, 0.25) is 5.02 Å².